The average molecular weight is 268 g/mol. The number of rotatable bonds is 3. The number of ether oxygens (including phenoxy) is 1. The van der Waals surface area contributed by atoms with Crippen LogP contribution in [-0.4, -0.2) is 19.4 Å². The quantitative estimate of drug-likeness (QED) is 0.856. The van der Waals surface area contributed by atoms with Gasteiger partial charge in [0, 0.05) is 0 Å². The maximum atomic E-state index is 12.5. The van der Waals surface area contributed by atoms with Gasteiger partial charge in [-0.25, -0.2) is 0 Å². The van der Waals surface area contributed by atoms with Crippen molar-refractivity contribution in [3.8, 4) is 5.75 Å². The molecule has 0 amide bonds. The number of hydrogen-bond donors (Lipinski definition) is 1. The van der Waals surface area contributed by atoms with Crippen LogP contribution in [0.15, 0.2) is 12.1 Å². The van der Waals surface area contributed by atoms with Crippen LogP contribution in [0, 0.1) is 0 Å². The minimum atomic E-state index is -4.58. The van der Waals surface area contributed by atoms with Gasteiger partial charge in [0.05, 0.1) is 29.8 Å². The van der Waals surface area contributed by atoms with Crippen LogP contribution in [0.3, 0.4) is 0 Å². The molecule has 0 saturated heterocycles. The van der Waals surface area contributed by atoms with E-state index in [0.29, 0.717) is 12.1 Å². The van der Waals surface area contributed by atoms with Crippen molar-refractivity contribution in [2.24, 2.45) is 5.73 Å². The number of benzene rings is 1. The highest BCUT2D eigenvalue weighted by atomic mass is 35.5. The average Bonchev–Trinajstić information content (AvgIpc) is 2.25. The topological polar surface area (TPSA) is 52.3 Å². The molecule has 0 spiro atoms. The van der Waals surface area contributed by atoms with Gasteiger partial charge in [0.1, 0.15) is 5.75 Å². The summed E-state index contributed by atoms with van der Waals surface area (Å²) in [4.78, 5) is 11.4. The Morgan fingerprint density at radius 2 is 2.06 bits per heavy atom. The summed E-state index contributed by atoms with van der Waals surface area (Å²) in [6, 6.07) is 1.38. The lowest BCUT2D eigenvalue weighted by Crippen LogP contribution is -2.16. The first-order valence-corrected chi connectivity index (χ1v) is 4.87. The highest BCUT2D eigenvalue weighted by Crippen LogP contribution is 2.37. The Kier molecular flexibility index (Phi) is 4.00. The molecule has 1 aromatic rings. The number of carbonyl (C=O) groups is 1. The minimum absolute atomic E-state index is 0.102. The zero-order valence-corrected chi connectivity index (χ0v) is 9.52. The van der Waals surface area contributed by atoms with E-state index in [9.17, 15) is 18.0 Å². The summed E-state index contributed by atoms with van der Waals surface area (Å²) < 4.78 is 42.3. The number of alkyl halides is 3. The fourth-order valence-electron chi connectivity index (χ4n) is 1.28. The smallest absolute Gasteiger partial charge is 0.416 e. The van der Waals surface area contributed by atoms with Gasteiger partial charge in [-0.15, -0.1) is 0 Å². The van der Waals surface area contributed by atoms with Crippen molar-refractivity contribution in [2.45, 2.75) is 6.18 Å². The van der Waals surface area contributed by atoms with Crippen molar-refractivity contribution in [3.05, 3.63) is 28.3 Å². The number of hydrogen-bond acceptors (Lipinski definition) is 3. The van der Waals surface area contributed by atoms with Gasteiger partial charge in [0.15, 0.2) is 5.78 Å². The Labute approximate surface area is 100 Å². The van der Waals surface area contributed by atoms with Crippen LogP contribution in [0.4, 0.5) is 13.2 Å². The first-order chi connectivity index (χ1) is 7.81. The Morgan fingerprint density at radius 3 is 2.47 bits per heavy atom. The molecule has 0 aliphatic rings. The van der Waals surface area contributed by atoms with E-state index in [2.05, 4.69) is 0 Å². The molecule has 0 unspecified atom stereocenters. The van der Waals surface area contributed by atoms with Gasteiger partial charge < -0.3 is 10.5 Å². The molecule has 0 fully saturated rings. The fraction of sp³-hybridized carbons (Fsp3) is 0.300. The zero-order chi connectivity index (χ0) is 13.2. The summed E-state index contributed by atoms with van der Waals surface area (Å²) in [5.41, 5.74) is 3.82. The molecule has 1 rings (SSSR count). The van der Waals surface area contributed by atoms with Crippen LogP contribution in [0.1, 0.15) is 15.9 Å². The van der Waals surface area contributed by atoms with E-state index in [1.807, 2.05) is 0 Å². The van der Waals surface area contributed by atoms with E-state index in [-0.39, 0.29) is 16.3 Å². The first kappa shape index (κ1) is 13.8. The van der Waals surface area contributed by atoms with Crippen molar-refractivity contribution in [3.63, 3.8) is 0 Å². The molecular formula is C10H9ClF3NO2. The normalized spacial score (nSPS) is 11.4. The highest BCUT2D eigenvalue weighted by molar-refractivity contribution is 6.32. The van der Waals surface area contributed by atoms with Crippen molar-refractivity contribution >= 4 is 17.4 Å². The maximum absolute atomic E-state index is 12.5. The Hall–Kier alpha value is -1.27. The number of halogens is 4. The number of carbonyl (C=O) groups excluding carboxylic acids is 1. The van der Waals surface area contributed by atoms with Crippen LogP contribution in [-0.2, 0) is 6.18 Å². The summed E-state index contributed by atoms with van der Waals surface area (Å²) in [6.45, 7) is -0.423. The molecule has 7 heteroatoms. The van der Waals surface area contributed by atoms with E-state index in [1.54, 1.807) is 0 Å². The third-order valence-corrected chi connectivity index (χ3v) is 2.34. The van der Waals surface area contributed by atoms with E-state index in [1.165, 1.54) is 7.11 Å². The van der Waals surface area contributed by atoms with Crippen molar-refractivity contribution < 1.29 is 22.7 Å². The third-order valence-electron chi connectivity index (χ3n) is 2.06. The van der Waals surface area contributed by atoms with Crippen LogP contribution in [0.5, 0.6) is 5.75 Å². The zero-order valence-electron chi connectivity index (χ0n) is 8.77. The van der Waals surface area contributed by atoms with E-state index < -0.39 is 24.1 Å². The fourth-order valence-corrected chi connectivity index (χ4v) is 1.58. The molecule has 3 nitrogen and oxygen atoms in total. The van der Waals surface area contributed by atoms with Gasteiger partial charge in [-0.2, -0.15) is 13.2 Å². The van der Waals surface area contributed by atoms with E-state index >= 15 is 0 Å². The lowest BCUT2D eigenvalue weighted by atomic mass is 10.1. The highest BCUT2D eigenvalue weighted by Gasteiger charge is 2.33. The van der Waals surface area contributed by atoms with Crippen LogP contribution in [0.2, 0.25) is 5.02 Å². The molecule has 0 aliphatic carbocycles. The number of nitrogens with two attached hydrogens (primary N) is 1. The Bertz CT molecular complexity index is 446. The van der Waals surface area contributed by atoms with Crippen LogP contribution in [0.25, 0.3) is 0 Å². The van der Waals surface area contributed by atoms with E-state index in [0.717, 1.165) is 0 Å². The molecule has 94 valence electrons. The van der Waals surface area contributed by atoms with Gasteiger partial charge >= 0.3 is 6.18 Å². The molecule has 0 aromatic heterocycles. The molecule has 1 aromatic carbocycles. The number of ketones is 1. The van der Waals surface area contributed by atoms with Gasteiger partial charge in [0.2, 0.25) is 0 Å². The summed E-state index contributed by atoms with van der Waals surface area (Å²) in [5, 5.41) is -0.279. The minimum Gasteiger partial charge on any atom is -0.494 e. The maximum Gasteiger partial charge on any atom is 0.416 e. The van der Waals surface area contributed by atoms with Crippen molar-refractivity contribution in [2.75, 3.05) is 13.7 Å². The molecule has 0 atom stereocenters. The van der Waals surface area contributed by atoms with Crippen LogP contribution >= 0.6 is 11.6 Å². The van der Waals surface area contributed by atoms with Gasteiger partial charge in [-0.1, -0.05) is 11.6 Å². The molecule has 17 heavy (non-hydrogen) atoms. The summed E-state index contributed by atoms with van der Waals surface area (Å²) in [7, 11) is 1.21. The summed E-state index contributed by atoms with van der Waals surface area (Å²) in [6.07, 6.45) is -4.58. The lowest BCUT2D eigenvalue weighted by Gasteiger charge is -2.13. The Morgan fingerprint density at radius 1 is 1.47 bits per heavy atom. The second kappa shape index (κ2) is 4.93. The predicted octanol–water partition coefficient (Wildman–Crippen LogP) is 2.51. The third kappa shape index (κ3) is 2.89. The van der Waals surface area contributed by atoms with Gasteiger partial charge in [-0.05, 0) is 12.1 Å². The number of methoxy groups -OCH3 is 1. The molecular weight excluding hydrogens is 259 g/mol. The molecule has 0 heterocycles. The Balaban J connectivity index is 3.44. The monoisotopic (exact) mass is 267 g/mol. The largest absolute Gasteiger partial charge is 0.494 e. The van der Waals surface area contributed by atoms with Gasteiger partial charge in [-0.3, -0.25) is 4.79 Å². The summed E-state index contributed by atoms with van der Waals surface area (Å²) in [5.74, 6) is -0.773. The van der Waals surface area contributed by atoms with Gasteiger partial charge in [0.25, 0.3) is 0 Å². The standard InChI is InChI=1S/C10H9ClF3NO2/c1-17-9-6(8(16)4-15)2-5(3-7(9)11)10(12,13)14/h2-3H,4,15H2,1H3. The second-order valence-electron chi connectivity index (χ2n) is 3.16. The molecule has 0 radical (unpaired) electrons. The SMILES string of the molecule is COc1c(Cl)cc(C(F)(F)F)cc1C(=O)CN. The predicted molar refractivity (Wildman–Crippen MR) is 56.4 cm³/mol. The summed E-state index contributed by atoms with van der Waals surface area (Å²) >= 11 is 5.62. The second-order valence-corrected chi connectivity index (χ2v) is 3.57. The van der Waals surface area contributed by atoms with Crippen LogP contribution < -0.4 is 10.5 Å². The number of Topliss-reactive ketones (excluding diaryl/α,β-unsaturated/α-hetero) is 1. The lowest BCUT2D eigenvalue weighted by molar-refractivity contribution is -0.137. The van der Waals surface area contributed by atoms with Crippen molar-refractivity contribution in [1.29, 1.82) is 0 Å². The molecule has 0 aliphatic heterocycles. The molecule has 0 saturated carbocycles. The van der Waals surface area contributed by atoms with E-state index in [4.69, 9.17) is 22.1 Å². The molecule has 0 bridgehead atoms. The first-order valence-electron chi connectivity index (χ1n) is 4.49. The molecule has 2 N–H and O–H groups in total. The van der Waals surface area contributed by atoms with Crippen molar-refractivity contribution in [1.82, 2.24) is 0 Å².